The van der Waals surface area contributed by atoms with Crippen molar-refractivity contribution in [3.8, 4) is 0 Å². The van der Waals surface area contributed by atoms with E-state index in [1.807, 2.05) is 0 Å². The van der Waals surface area contributed by atoms with Crippen LogP contribution in [0, 0.1) is 0 Å². The molecule has 0 aromatic heterocycles. The molecule has 16 heteroatoms. The van der Waals surface area contributed by atoms with Crippen molar-refractivity contribution in [2.45, 2.75) is 106 Å². The molecule has 0 unspecified atom stereocenters. The molecule has 15 atom stereocenters. The molecule has 16 nitrogen and oxygen atoms in total. The van der Waals surface area contributed by atoms with Crippen molar-refractivity contribution in [3.05, 3.63) is 0 Å². The minimum atomic E-state index is -1.82. The molecule has 216 valence electrons. The fraction of sp³-hybridized carbons (Fsp3) is 0.952. The zero-order valence-corrected chi connectivity index (χ0v) is 20.5. The fourth-order valence-electron chi connectivity index (χ4n) is 4.58. The first kappa shape index (κ1) is 30.5. The van der Waals surface area contributed by atoms with E-state index in [1.165, 1.54) is 21.0 Å². The number of ether oxygens (including phenoxy) is 6. The van der Waals surface area contributed by atoms with Crippen molar-refractivity contribution in [2.75, 3.05) is 20.3 Å². The topological polar surface area (TPSA) is 246 Å². The largest absolute Gasteiger partial charge is 0.394 e. The fourth-order valence-corrected chi connectivity index (χ4v) is 4.58. The van der Waals surface area contributed by atoms with Gasteiger partial charge in [0.25, 0.3) is 0 Å². The van der Waals surface area contributed by atoms with Crippen LogP contribution in [0.3, 0.4) is 0 Å². The average Bonchev–Trinajstić information content (AvgIpc) is 2.87. The second-order valence-electron chi connectivity index (χ2n) is 9.27. The summed E-state index contributed by atoms with van der Waals surface area (Å²) in [6.07, 6.45) is -20.8. The van der Waals surface area contributed by atoms with E-state index in [9.17, 15) is 45.6 Å². The molecule has 0 aromatic rings. The van der Waals surface area contributed by atoms with Crippen LogP contribution in [0.1, 0.15) is 13.8 Å². The first-order valence-electron chi connectivity index (χ1n) is 11.8. The highest BCUT2D eigenvalue weighted by atomic mass is 16.8. The van der Waals surface area contributed by atoms with Crippen LogP contribution < -0.4 is 5.32 Å². The van der Waals surface area contributed by atoms with E-state index in [-0.39, 0.29) is 0 Å². The van der Waals surface area contributed by atoms with E-state index in [4.69, 9.17) is 28.4 Å². The van der Waals surface area contributed by atoms with Gasteiger partial charge in [-0.1, -0.05) is 0 Å². The van der Waals surface area contributed by atoms with Gasteiger partial charge in [0.1, 0.15) is 67.1 Å². The van der Waals surface area contributed by atoms with Crippen molar-refractivity contribution in [2.24, 2.45) is 0 Å². The minimum absolute atomic E-state index is 0.555. The van der Waals surface area contributed by atoms with Gasteiger partial charge in [0, 0.05) is 14.0 Å². The average molecular weight is 544 g/mol. The standard InChI is InChI=1S/C21H37NO15/c1-6-11(26)13(28)15(30)20(33-6)36-17-9(5-24)35-19(32-3)10(22-7(2)25)18(17)37-21-16(31)14(29)12(27)8(4-23)34-21/h6,8-21,23-24,26-31H,4-5H2,1-3H3,(H,22,25)/t6-,8+,9+,10+,11-,12+,13+,14-,15+,16+,17+,18+,19+,20-,21-/m0/s1. The first-order chi connectivity index (χ1) is 17.4. The summed E-state index contributed by atoms with van der Waals surface area (Å²) < 4.78 is 33.7. The number of rotatable bonds is 8. The molecule has 0 spiro atoms. The Morgan fingerprint density at radius 1 is 0.730 bits per heavy atom. The predicted octanol–water partition coefficient (Wildman–Crippen LogP) is -5.75. The lowest BCUT2D eigenvalue weighted by Gasteiger charge is -2.50. The lowest BCUT2D eigenvalue weighted by atomic mass is 9.94. The van der Waals surface area contributed by atoms with Gasteiger partial charge in [-0.3, -0.25) is 4.79 Å². The van der Waals surface area contributed by atoms with Crippen LogP contribution in [-0.4, -0.2) is 159 Å². The summed E-state index contributed by atoms with van der Waals surface area (Å²) in [5.41, 5.74) is 0. The Kier molecular flexibility index (Phi) is 10.6. The van der Waals surface area contributed by atoms with Crippen molar-refractivity contribution < 1.29 is 74.1 Å². The highest BCUT2D eigenvalue weighted by Gasteiger charge is 2.54. The van der Waals surface area contributed by atoms with Crippen LogP contribution in [0.4, 0.5) is 0 Å². The van der Waals surface area contributed by atoms with Gasteiger partial charge in [0.15, 0.2) is 18.9 Å². The number of carbonyl (C=O) groups excluding carboxylic acids is 1. The predicted molar refractivity (Wildman–Crippen MR) is 116 cm³/mol. The monoisotopic (exact) mass is 543 g/mol. The number of hydrogen-bond donors (Lipinski definition) is 9. The maximum absolute atomic E-state index is 12.0. The molecule has 0 radical (unpaired) electrons. The molecule has 3 saturated heterocycles. The van der Waals surface area contributed by atoms with Gasteiger partial charge < -0.3 is 74.6 Å². The highest BCUT2D eigenvalue weighted by molar-refractivity contribution is 5.73. The van der Waals surface area contributed by atoms with E-state index < -0.39 is 111 Å². The minimum Gasteiger partial charge on any atom is -0.394 e. The number of carbonyl (C=O) groups is 1. The molecule has 9 N–H and O–H groups in total. The highest BCUT2D eigenvalue weighted by Crippen LogP contribution is 2.33. The molecular formula is C21H37NO15. The maximum Gasteiger partial charge on any atom is 0.217 e. The third kappa shape index (κ3) is 6.39. The molecule has 0 aliphatic carbocycles. The number of nitrogens with one attached hydrogen (secondary N) is 1. The first-order valence-corrected chi connectivity index (χ1v) is 11.8. The summed E-state index contributed by atoms with van der Waals surface area (Å²) in [7, 11) is 1.26. The van der Waals surface area contributed by atoms with Crippen molar-refractivity contribution in [1.29, 1.82) is 0 Å². The normalized spacial score (nSPS) is 49.0. The quantitative estimate of drug-likeness (QED) is 0.138. The third-order valence-corrected chi connectivity index (χ3v) is 6.67. The lowest BCUT2D eigenvalue weighted by Crippen LogP contribution is -2.69. The molecule has 3 aliphatic rings. The Labute approximate surface area is 212 Å². The molecule has 37 heavy (non-hydrogen) atoms. The molecule has 0 bridgehead atoms. The van der Waals surface area contributed by atoms with Crippen LogP contribution in [0.2, 0.25) is 0 Å². The SMILES string of the molecule is CO[C@@H]1O[C@H](CO)[C@@H](O[C@@H]2O[C@@H](C)[C@H](O)[C@@H](O)[C@H]2O)[C@H](O[C@@H]2O[C@H](CO)[C@@H](O)[C@H](O)[C@H]2O)[C@H]1NC(C)=O. The number of aliphatic hydroxyl groups excluding tert-OH is 8. The number of aliphatic hydroxyl groups is 8. The van der Waals surface area contributed by atoms with E-state index in [0.717, 1.165) is 0 Å². The Morgan fingerprint density at radius 3 is 1.78 bits per heavy atom. The van der Waals surface area contributed by atoms with E-state index in [0.29, 0.717) is 0 Å². The number of hydrogen-bond acceptors (Lipinski definition) is 15. The number of methoxy groups -OCH3 is 1. The molecule has 3 aliphatic heterocycles. The second kappa shape index (κ2) is 12.8. The molecule has 1 amide bonds. The molecule has 3 heterocycles. The summed E-state index contributed by atoms with van der Waals surface area (Å²) in [5.74, 6) is -0.555. The molecular weight excluding hydrogens is 506 g/mol. The van der Waals surface area contributed by atoms with Gasteiger partial charge in [0.2, 0.25) is 5.91 Å². The van der Waals surface area contributed by atoms with Gasteiger partial charge in [-0.2, -0.15) is 0 Å². The van der Waals surface area contributed by atoms with Gasteiger partial charge in [-0.25, -0.2) is 0 Å². The van der Waals surface area contributed by atoms with Gasteiger partial charge in [-0.05, 0) is 6.92 Å². The molecule has 3 rings (SSSR count). The summed E-state index contributed by atoms with van der Waals surface area (Å²) in [6, 6.07) is -1.18. The lowest BCUT2D eigenvalue weighted by molar-refractivity contribution is -0.371. The summed E-state index contributed by atoms with van der Waals surface area (Å²) in [6.45, 7) is 1.21. The number of amides is 1. The zero-order chi connectivity index (χ0) is 27.6. The maximum atomic E-state index is 12.0. The Hall–Kier alpha value is -1.09. The van der Waals surface area contributed by atoms with Crippen LogP contribution in [0.25, 0.3) is 0 Å². The summed E-state index contributed by atoms with van der Waals surface area (Å²) >= 11 is 0. The summed E-state index contributed by atoms with van der Waals surface area (Å²) in [5, 5.41) is 83.5. The second-order valence-corrected chi connectivity index (χ2v) is 9.27. The van der Waals surface area contributed by atoms with Gasteiger partial charge in [-0.15, -0.1) is 0 Å². The van der Waals surface area contributed by atoms with Gasteiger partial charge in [0.05, 0.1) is 19.3 Å². The van der Waals surface area contributed by atoms with Gasteiger partial charge >= 0.3 is 0 Å². The van der Waals surface area contributed by atoms with Crippen molar-refractivity contribution >= 4 is 5.91 Å². The molecule has 3 fully saturated rings. The van der Waals surface area contributed by atoms with E-state index in [2.05, 4.69) is 5.32 Å². The van der Waals surface area contributed by atoms with Crippen molar-refractivity contribution in [3.63, 3.8) is 0 Å². The van der Waals surface area contributed by atoms with Crippen LogP contribution in [0.5, 0.6) is 0 Å². The van der Waals surface area contributed by atoms with Crippen LogP contribution in [0.15, 0.2) is 0 Å². The molecule has 0 aromatic carbocycles. The van der Waals surface area contributed by atoms with E-state index in [1.54, 1.807) is 0 Å². The molecule has 0 saturated carbocycles. The van der Waals surface area contributed by atoms with Crippen LogP contribution >= 0.6 is 0 Å². The Bertz CT molecular complexity index is 745. The van der Waals surface area contributed by atoms with E-state index >= 15 is 0 Å². The summed E-state index contributed by atoms with van der Waals surface area (Å²) in [4.78, 5) is 12.0. The smallest absolute Gasteiger partial charge is 0.217 e. The van der Waals surface area contributed by atoms with Crippen molar-refractivity contribution in [1.82, 2.24) is 5.32 Å². The Balaban J connectivity index is 1.95. The van der Waals surface area contributed by atoms with Crippen LogP contribution in [-0.2, 0) is 33.2 Å². The Morgan fingerprint density at radius 2 is 1.24 bits per heavy atom. The third-order valence-electron chi connectivity index (χ3n) is 6.67. The zero-order valence-electron chi connectivity index (χ0n) is 20.5.